The Bertz CT molecular complexity index is 969. The molecule has 0 atom stereocenters. The molecule has 1 amide bonds. The second-order valence-electron chi connectivity index (χ2n) is 6.91. The topological polar surface area (TPSA) is 81.5 Å². The van der Waals surface area contributed by atoms with E-state index in [-0.39, 0.29) is 5.91 Å². The molecule has 1 aliphatic rings. The van der Waals surface area contributed by atoms with Crippen molar-refractivity contribution in [2.24, 2.45) is 0 Å². The first-order valence-electron chi connectivity index (χ1n) is 9.24. The van der Waals surface area contributed by atoms with Crippen molar-refractivity contribution in [3.63, 3.8) is 0 Å². The highest BCUT2D eigenvalue weighted by Crippen LogP contribution is 2.18. The molecule has 2 aromatic carbocycles. The Morgan fingerprint density at radius 2 is 1.61 bits per heavy atom. The van der Waals surface area contributed by atoms with E-state index in [0.29, 0.717) is 49.5 Å². The van der Waals surface area contributed by atoms with Gasteiger partial charge in [0, 0.05) is 32.6 Å². The van der Waals surface area contributed by atoms with E-state index in [0.717, 1.165) is 11.1 Å². The molecule has 6 nitrogen and oxygen atoms in total. The number of hydrogen-bond acceptors (Lipinski definition) is 4. The standard InChI is InChI=1S/C21H23N3O3S/c1-17-2-9-20(10-3-17)28(26,27)24-14-12-23(13-15-24)21(25)11-8-18-4-6-19(16-22)7-5-18/h2-7,9-10H,8,11-15H2,1H3. The smallest absolute Gasteiger partial charge is 0.243 e. The molecule has 1 fully saturated rings. The van der Waals surface area contributed by atoms with E-state index in [4.69, 9.17) is 5.26 Å². The van der Waals surface area contributed by atoms with Crippen LogP contribution in [0.25, 0.3) is 0 Å². The SMILES string of the molecule is Cc1ccc(S(=O)(=O)N2CCN(C(=O)CCc3ccc(C#N)cc3)CC2)cc1. The van der Waals surface area contributed by atoms with Crippen LogP contribution in [-0.2, 0) is 21.2 Å². The summed E-state index contributed by atoms with van der Waals surface area (Å²) in [7, 11) is -3.52. The van der Waals surface area contributed by atoms with Gasteiger partial charge in [0.2, 0.25) is 15.9 Å². The van der Waals surface area contributed by atoms with Crippen molar-refractivity contribution in [3.05, 3.63) is 65.2 Å². The lowest BCUT2D eigenvalue weighted by atomic mass is 10.1. The number of amides is 1. The molecule has 0 saturated carbocycles. The van der Waals surface area contributed by atoms with Crippen LogP contribution >= 0.6 is 0 Å². The quantitative estimate of drug-likeness (QED) is 0.775. The number of carbonyl (C=O) groups excluding carboxylic acids is 1. The number of aryl methyl sites for hydroxylation is 2. The van der Waals surface area contributed by atoms with Crippen LogP contribution in [0.5, 0.6) is 0 Å². The highest BCUT2D eigenvalue weighted by atomic mass is 32.2. The van der Waals surface area contributed by atoms with Gasteiger partial charge >= 0.3 is 0 Å². The first kappa shape index (κ1) is 20.1. The first-order chi connectivity index (χ1) is 13.4. The Kier molecular flexibility index (Phi) is 6.12. The van der Waals surface area contributed by atoms with Crippen molar-refractivity contribution >= 4 is 15.9 Å². The van der Waals surface area contributed by atoms with Gasteiger partial charge in [-0.2, -0.15) is 9.57 Å². The molecule has 28 heavy (non-hydrogen) atoms. The fourth-order valence-corrected chi connectivity index (χ4v) is 4.61. The van der Waals surface area contributed by atoms with Crippen molar-refractivity contribution in [2.75, 3.05) is 26.2 Å². The van der Waals surface area contributed by atoms with E-state index in [1.807, 2.05) is 19.1 Å². The summed E-state index contributed by atoms with van der Waals surface area (Å²) in [6, 6.07) is 16.1. The van der Waals surface area contributed by atoms with Crippen LogP contribution in [0.3, 0.4) is 0 Å². The zero-order valence-corrected chi connectivity index (χ0v) is 16.7. The zero-order valence-electron chi connectivity index (χ0n) is 15.8. The summed E-state index contributed by atoms with van der Waals surface area (Å²) in [5.41, 5.74) is 2.62. The Hall–Kier alpha value is -2.69. The van der Waals surface area contributed by atoms with E-state index in [1.54, 1.807) is 41.3 Å². The molecule has 0 radical (unpaired) electrons. The van der Waals surface area contributed by atoms with Crippen LogP contribution < -0.4 is 0 Å². The monoisotopic (exact) mass is 397 g/mol. The summed E-state index contributed by atoms with van der Waals surface area (Å²) in [5.74, 6) is 0.0248. The van der Waals surface area contributed by atoms with Crippen LogP contribution in [-0.4, -0.2) is 49.7 Å². The number of benzene rings is 2. The third-order valence-electron chi connectivity index (χ3n) is 4.96. The van der Waals surface area contributed by atoms with Gasteiger partial charge in [0.15, 0.2) is 0 Å². The van der Waals surface area contributed by atoms with Gasteiger partial charge in [0.05, 0.1) is 16.5 Å². The normalized spacial score (nSPS) is 15.2. The van der Waals surface area contributed by atoms with E-state index in [1.165, 1.54) is 4.31 Å². The molecule has 0 aromatic heterocycles. The Labute approximate surface area is 166 Å². The highest BCUT2D eigenvalue weighted by Gasteiger charge is 2.29. The molecule has 1 saturated heterocycles. The number of rotatable bonds is 5. The summed E-state index contributed by atoms with van der Waals surface area (Å²) in [6.45, 7) is 3.32. The maximum absolute atomic E-state index is 12.7. The lowest BCUT2D eigenvalue weighted by Crippen LogP contribution is -2.50. The lowest BCUT2D eigenvalue weighted by molar-refractivity contribution is -0.132. The summed E-state index contributed by atoms with van der Waals surface area (Å²) >= 11 is 0. The first-order valence-corrected chi connectivity index (χ1v) is 10.7. The average molecular weight is 398 g/mol. The van der Waals surface area contributed by atoms with Crippen molar-refractivity contribution in [2.45, 2.75) is 24.7 Å². The predicted octanol–water partition coefficient (Wildman–Crippen LogP) is 2.33. The van der Waals surface area contributed by atoms with Crippen LogP contribution in [0, 0.1) is 18.3 Å². The molecular formula is C21H23N3O3S. The average Bonchev–Trinajstić information content (AvgIpc) is 2.73. The lowest BCUT2D eigenvalue weighted by Gasteiger charge is -2.34. The molecule has 1 aliphatic heterocycles. The van der Waals surface area contributed by atoms with Crippen molar-refractivity contribution < 1.29 is 13.2 Å². The Morgan fingerprint density at radius 1 is 1.00 bits per heavy atom. The largest absolute Gasteiger partial charge is 0.340 e. The summed E-state index contributed by atoms with van der Waals surface area (Å²) in [6.07, 6.45) is 0.975. The molecule has 7 heteroatoms. The molecule has 1 heterocycles. The number of carbonyl (C=O) groups is 1. The Morgan fingerprint density at radius 3 is 2.18 bits per heavy atom. The van der Waals surface area contributed by atoms with Gasteiger partial charge in [-0.15, -0.1) is 0 Å². The third-order valence-corrected chi connectivity index (χ3v) is 6.87. The zero-order chi connectivity index (χ0) is 20.1. The number of piperazine rings is 1. The minimum absolute atomic E-state index is 0.0248. The van der Waals surface area contributed by atoms with Crippen molar-refractivity contribution in [3.8, 4) is 6.07 Å². The van der Waals surface area contributed by atoms with Gasteiger partial charge in [0.1, 0.15) is 0 Å². The van der Waals surface area contributed by atoms with Gasteiger partial charge in [-0.05, 0) is 43.2 Å². The van der Waals surface area contributed by atoms with Crippen LogP contribution in [0.4, 0.5) is 0 Å². The summed E-state index contributed by atoms with van der Waals surface area (Å²) in [4.78, 5) is 14.5. The molecule has 0 unspecified atom stereocenters. The minimum atomic E-state index is -3.52. The number of sulfonamides is 1. The summed E-state index contributed by atoms with van der Waals surface area (Å²) in [5, 5.41) is 8.82. The van der Waals surface area contributed by atoms with Crippen LogP contribution in [0.1, 0.15) is 23.1 Å². The maximum atomic E-state index is 12.7. The maximum Gasteiger partial charge on any atom is 0.243 e. The molecule has 3 rings (SSSR count). The fraction of sp³-hybridized carbons (Fsp3) is 0.333. The van der Waals surface area contributed by atoms with Gasteiger partial charge < -0.3 is 4.90 Å². The Balaban J connectivity index is 1.53. The fourth-order valence-electron chi connectivity index (χ4n) is 3.19. The molecule has 0 aliphatic carbocycles. The van der Waals surface area contributed by atoms with Gasteiger partial charge in [0.25, 0.3) is 0 Å². The summed E-state index contributed by atoms with van der Waals surface area (Å²) < 4.78 is 26.9. The molecule has 146 valence electrons. The van der Waals surface area contributed by atoms with Crippen molar-refractivity contribution in [1.29, 1.82) is 5.26 Å². The van der Waals surface area contributed by atoms with Gasteiger partial charge in [-0.1, -0.05) is 29.8 Å². The third kappa shape index (κ3) is 4.58. The molecular weight excluding hydrogens is 374 g/mol. The van der Waals surface area contributed by atoms with Gasteiger partial charge in [-0.25, -0.2) is 8.42 Å². The molecule has 0 spiro atoms. The van der Waals surface area contributed by atoms with E-state index in [9.17, 15) is 13.2 Å². The predicted molar refractivity (Wildman–Crippen MR) is 106 cm³/mol. The van der Waals surface area contributed by atoms with Crippen molar-refractivity contribution in [1.82, 2.24) is 9.21 Å². The molecule has 0 N–H and O–H groups in total. The highest BCUT2D eigenvalue weighted by molar-refractivity contribution is 7.89. The molecule has 0 bridgehead atoms. The van der Waals surface area contributed by atoms with Gasteiger partial charge in [-0.3, -0.25) is 4.79 Å². The second-order valence-corrected chi connectivity index (χ2v) is 8.84. The van der Waals surface area contributed by atoms with Crippen LogP contribution in [0.2, 0.25) is 0 Å². The second kappa shape index (κ2) is 8.55. The molecule has 2 aromatic rings. The number of nitrogens with zero attached hydrogens (tertiary/aromatic N) is 3. The minimum Gasteiger partial charge on any atom is -0.340 e. The van der Waals surface area contributed by atoms with E-state index >= 15 is 0 Å². The van der Waals surface area contributed by atoms with Crippen LogP contribution in [0.15, 0.2) is 53.4 Å². The van der Waals surface area contributed by atoms with E-state index < -0.39 is 10.0 Å². The number of hydrogen-bond donors (Lipinski definition) is 0. The number of nitriles is 1. The van der Waals surface area contributed by atoms with E-state index in [2.05, 4.69) is 6.07 Å².